The average Bonchev–Trinajstić information content (AvgIpc) is 3.43. The number of fused-ring (bicyclic) bond motifs is 1. The number of H-pyrrole nitrogens is 1. The number of pyridine rings is 1. The van der Waals surface area contributed by atoms with Gasteiger partial charge >= 0.3 is 0 Å². The van der Waals surface area contributed by atoms with Gasteiger partial charge in [0.25, 0.3) is 0 Å². The fraction of sp³-hybridized carbons (Fsp3) is 0.0870. The normalized spacial score (nSPS) is 11.1. The number of carbonyl (C=O) groups excluding carboxylic acids is 1. The molecule has 0 spiro atoms. The summed E-state index contributed by atoms with van der Waals surface area (Å²) in [7, 11) is 0. The van der Waals surface area contributed by atoms with Crippen LogP contribution in [0.3, 0.4) is 0 Å². The van der Waals surface area contributed by atoms with Crippen LogP contribution in [-0.2, 0) is 6.42 Å². The molecule has 0 aliphatic rings. The third-order valence-corrected chi connectivity index (χ3v) is 5.34. The highest BCUT2D eigenvalue weighted by Gasteiger charge is 2.12. The second kappa shape index (κ2) is 8.24. The predicted octanol–water partition coefficient (Wildman–Crippen LogP) is 4.67. The number of anilines is 2. The first kappa shape index (κ1) is 19.9. The summed E-state index contributed by atoms with van der Waals surface area (Å²) in [6, 6.07) is 11.2. The molecule has 4 heterocycles. The van der Waals surface area contributed by atoms with Crippen LogP contribution < -0.4 is 5.32 Å². The lowest BCUT2D eigenvalue weighted by molar-refractivity contribution is 0.0993. The average molecular weight is 444 g/mol. The molecule has 5 aromatic rings. The van der Waals surface area contributed by atoms with Crippen molar-refractivity contribution in [2.45, 2.75) is 13.3 Å². The van der Waals surface area contributed by atoms with Gasteiger partial charge in [0.05, 0.1) is 34.2 Å². The first-order valence-corrected chi connectivity index (χ1v) is 10.3. The maximum Gasteiger partial charge on any atom is 0.167 e. The number of Topliss-reactive ketones (excluding diaryl/α,β-unsaturated/α-hetero) is 1. The molecule has 0 radical (unpaired) electrons. The third kappa shape index (κ3) is 3.95. The highest BCUT2D eigenvalue weighted by Crippen LogP contribution is 2.29. The number of aromatic nitrogens is 6. The Morgan fingerprint density at radius 2 is 2.06 bits per heavy atom. The molecule has 0 saturated heterocycles. The van der Waals surface area contributed by atoms with Crippen LogP contribution in [-0.4, -0.2) is 35.5 Å². The molecule has 8 nitrogen and oxygen atoms in total. The third-order valence-electron chi connectivity index (χ3n) is 5.04. The Kier molecular flexibility index (Phi) is 5.12. The fourth-order valence-corrected chi connectivity index (χ4v) is 3.63. The Morgan fingerprint density at radius 3 is 2.91 bits per heavy atom. The molecule has 0 aliphatic carbocycles. The summed E-state index contributed by atoms with van der Waals surface area (Å²) in [5.74, 6) is 0.602. The van der Waals surface area contributed by atoms with Crippen LogP contribution in [0.2, 0.25) is 5.02 Å². The molecule has 0 amide bonds. The molecule has 2 N–H and O–H groups in total. The van der Waals surface area contributed by atoms with Gasteiger partial charge in [0.15, 0.2) is 5.78 Å². The molecule has 32 heavy (non-hydrogen) atoms. The lowest BCUT2D eigenvalue weighted by atomic mass is 10.0. The summed E-state index contributed by atoms with van der Waals surface area (Å²) >= 11 is 6.25. The maximum absolute atomic E-state index is 12.8. The molecule has 0 bridgehead atoms. The van der Waals surface area contributed by atoms with E-state index in [0.29, 0.717) is 33.9 Å². The minimum absolute atomic E-state index is 0.0217. The molecule has 4 aromatic heterocycles. The van der Waals surface area contributed by atoms with E-state index < -0.39 is 0 Å². The zero-order valence-electron chi connectivity index (χ0n) is 17.1. The Morgan fingerprint density at radius 1 is 1.16 bits per heavy atom. The molecule has 1 aromatic carbocycles. The highest BCUT2D eigenvalue weighted by molar-refractivity contribution is 6.36. The van der Waals surface area contributed by atoms with E-state index in [1.807, 2.05) is 49.5 Å². The molecular formula is C23H18ClN7O. The Bertz CT molecular complexity index is 1420. The Balaban J connectivity index is 1.36. The van der Waals surface area contributed by atoms with Crippen molar-refractivity contribution in [2.75, 3.05) is 5.32 Å². The number of aromatic amines is 1. The molecule has 9 heteroatoms. The Labute approximate surface area is 188 Å². The van der Waals surface area contributed by atoms with Gasteiger partial charge in [0.2, 0.25) is 0 Å². The van der Waals surface area contributed by atoms with Crippen molar-refractivity contribution >= 4 is 39.9 Å². The fourth-order valence-electron chi connectivity index (χ4n) is 3.40. The van der Waals surface area contributed by atoms with Gasteiger partial charge < -0.3 is 10.3 Å². The van der Waals surface area contributed by atoms with Crippen LogP contribution in [0.1, 0.15) is 21.6 Å². The molecule has 0 unspecified atom stereocenters. The van der Waals surface area contributed by atoms with Crippen molar-refractivity contribution in [1.29, 1.82) is 0 Å². The standard InChI is InChI=1S/C23H18ClN7O/c1-14-5-6-15(9-25-14)7-20(32)16-3-2-4-18(8-16)31-12-17(10-29-31)30-23-21-19(24)11-26-22(21)27-13-28-23/h2-6,8-13H,7H2,1H3,(H2,26,27,28,30). The van der Waals surface area contributed by atoms with E-state index in [0.717, 1.165) is 22.6 Å². The van der Waals surface area contributed by atoms with Crippen molar-refractivity contribution in [1.82, 2.24) is 29.7 Å². The van der Waals surface area contributed by atoms with Crippen molar-refractivity contribution in [2.24, 2.45) is 0 Å². The summed E-state index contributed by atoms with van der Waals surface area (Å²) in [6.45, 7) is 1.92. The van der Waals surface area contributed by atoms with E-state index in [4.69, 9.17) is 11.6 Å². The number of nitrogens with one attached hydrogen (secondary N) is 2. The monoisotopic (exact) mass is 443 g/mol. The Hall–Kier alpha value is -4.04. The number of halogens is 1. The molecule has 0 aliphatic heterocycles. The number of benzene rings is 1. The summed E-state index contributed by atoms with van der Waals surface area (Å²) in [6.07, 6.45) is 8.67. The molecule has 158 valence electrons. The summed E-state index contributed by atoms with van der Waals surface area (Å²) < 4.78 is 1.70. The lowest BCUT2D eigenvalue weighted by Gasteiger charge is -2.06. The van der Waals surface area contributed by atoms with Gasteiger partial charge in [0, 0.05) is 30.1 Å². The van der Waals surface area contributed by atoms with Crippen molar-refractivity contribution < 1.29 is 4.79 Å². The molecule has 0 saturated carbocycles. The topological polar surface area (TPSA) is 101 Å². The molecule has 0 fully saturated rings. The number of aryl methyl sites for hydroxylation is 1. The second-order valence-electron chi connectivity index (χ2n) is 7.34. The highest BCUT2D eigenvalue weighted by atomic mass is 35.5. The number of hydrogen-bond donors (Lipinski definition) is 2. The summed E-state index contributed by atoms with van der Waals surface area (Å²) in [4.78, 5) is 28.5. The SMILES string of the molecule is Cc1ccc(CC(=O)c2cccc(-n3cc(Nc4ncnc5[nH]cc(Cl)c45)cn3)c2)cn1. The zero-order chi connectivity index (χ0) is 22.1. The van der Waals surface area contributed by atoms with Crippen LogP contribution in [0.5, 0.6) is 0 Å². The minimum Gasteiger partial charge on any atom is -0.344 e. The molecular weight excluding hydrogens is 426 g/mol. The number of carbonyl (C=O) groups is 1. The maximum atomic E-state index is 12.8. The smallest absolute Gasteiger partial charge is 0.167 e. The summed E-state index contributed by atoms with van der Waals surface area (Å²) in [5, 5.41) is 8.88. The number of rotatable bonds is 6. The van der Waals surface area contributed by atoms with Gasteiger partial charge in [-0.2, -0.15) is 5.10 Å². The van der Waals surface area contributed by atoms with Gasteiger partial charge in [-0.15, -0.1) is 0 Å². The van der Waals surface area contributed by atoms with Crippen LogP contribution in [0.25, 0.3) is 16.7 Å². The van der Waals surface area contributed by atoms with Gasteiger partial charge in [-0.1, -0.05) is 29.8 Å². The van der Waals surface area contributed by atoms with Gasteiger partial charge in [0.1, 0.15) is 17.8 Å². The van der Waals surface area contributed by atoms with Crippen LogP contribution in [0.15, 0.2) is 67.5 Å². The van der Waals surface area contributed by atoms with E-state index in [1.54, 1.807) is 23.3 Å². The largest absolute Gasteiger partial charge is 0.344 e. The second-order valence-corrected chi connectivity index (χ2v) is 7.75. The number of nitrogens with zero attached hydrogens (tertiary/aromatic N) is 5. The quantitative estimate of drug-likeness (QED) is 0.370. The van der Waals surface area contributed by atoms with Crippen LogP contribution >= 0.6 is 11.6 Å². The van der Waals surface area contributed by atoms with E-state index >= 15 is 0 Å². The summed E-state index contributed by atoms with van der Waals surface area (Å²) in [5.41, 5.74) is 4.58. The van der Waals surface area contributed by atoms with Crippen LogP contribution in [0.4, 0.5) is 11.5 Å². The first-order chi connectivity index (χ1) is 15.6. The van der Waals surface area contributed by atoms with Gasteiger partial charge in [-0.25, -0.2) is 14.6 Å². The van der Waals surface area contributed by atoms with Gasteiger partial charge in [-0.3, -0.25) is 9.78 Å². The van der Waals surface area contributed by atoms with Gasteiger partial charge in [-0.05, 0) is 30.7 Å². The van der Waals surface area contributed by atoms with Crippen molar-refractivity contribution in [3.63, 3.8) is 0 Å². The molecule has 5 rings (SSSR count). The lowest BCUT2D eigenvalue weighted by Crippen LogP contribution is -2.05. The van der Waals surface area contributed by atoms with Crippen molar-refractivity contribution in [3.05, 3.63) is 89.4 Å². The number of hydrogen-bond acceptors (Lipinski definition) is 6. The first-order valence-electron chi connectivity index (χ1n) is 9.91. The van der Waals surface area contributed by atoms with Crippen LogP contribution in [0, 0.1) is 6.92 Å². The van der Waals surface area contributed by atoms with E-state index in [1.165, 1.54) is 6.33 Å². The van der Waals surface area contributed by atoms with Crippen molar-refractivity contribution in [3.8, 4) is 5.69 Å². The van der Waals surface area contributed by atoms with E-state index in [9.17, 15) is 4.79 Å². The van der Waals surface area contributed by atoms with E-state index in [-0.39, 0.29) is 5.78 Å². The zero-order valence-corrected chi connectivity index (χ0v) is 17.8. The molecule has 0 atom stereocenters. The minimum atomic E-state index is 0.0217. The number of ketones is 1. The van der Waals surface area contributed by atoms with E-state index in [2.05, 4.69) is 30.4 Å². The predicted molar refractivity (Wildman–Crippen MR) is 123 cm³/mol.